The molecule has 1 aliphatic heterocycles. The Labute approximate surface area is 108 Å². The molecule has 1 heterocycles. The van der Waals surface area contributed by atoms with Crippen LogP contribution in [0.2, 0.25) is 0 Å². The van der Waals surface area contributed by atoms with Crippen molar-refractivity contribution in [1.29, 1.82) is 0 Å². The van der Waals surface area contributed by atoms with Gasteiger partial charge in [-0.15, -0.1) is 0 Å². The van der Waals surface area contributed by atoms with Crippen LogP contribution in [0.3, 0.4) is 0 Å². The molecule has 1 amide bonds. The van der Waals surface area contributed by atoms with Gasteiger partial charge in [0.2, 0.25) is 5.91 Å². The maximum absolute atomic E-state index is 12.1. The molecule has 0 spiro atoms. The molecular weight excluding hydrogens is 228 g/mol. The van der Waals surface area contributed by atoms with Crippen LogP contribution < -0.4 is 5.73 Å². The number of morpholine rings is 1. The standard InChI is InChI=1S/C14H20N2O2/c1-11-10-16(7-8-18-11)14(17)9-13(15)12-5-3-2-4-6-12/h2-6,11,13H,7-10,15H2,1H3. The van der Waals surface area contributed by atoms with Crippen molar-refractivity contribution in [1.82, 2.24) is 4.90 Å². The summed E-state index contributed by atoms with van der Waals surface area (Å²) in [7, 11) is 0. The van der Waals surface area contributed by atoms with Crippen molar-refractivity contribution in [2.24, 2.45) is 5.73 Å². The fourth-order valence-electron chi connectivity index (χ4n) is 2.18. The van der Waals surface area contributed by atoms with Gasteiger partial charge in [-0.1, -0.05) is 30.3 Å². The number of nitrogens with two attached hydrogens (primary N) is 1. The third-order valence-corrected chi connectivity index (χ3v) is 3.22. The highest BCUT2D eigenvalue weighted by Crippen LogP contribution is 2.16. The molecule has 98 valence electrons. The lowest BCUT2D eigenvalue weighted by atomic mass is 10.0. The van der Waals surface area contributed by atoms with Gasteiger partial charge in [-0.2, -0.15) is 0 Å². The maximum atomic E-state index is 12.1. The van der Waals surface area contributed by atoms with Gasteiger partial charge >= 0.3 is 0 Å². The molecule has 0 saturated carbocycles. The summed E-state index contributed by atoms with van der Waals surface area (Å²) in [5.74, 6) is 0.113. The van der Waals surface area contributed by atoms with Gasteiger partial charge in [0, 0.05) is 25.6 Å². The number of carbonyl (C=O) groups is 1. The van der Waals surface area contributed by atoms with E-state index in [2.05, 4.69) is 0 Å². The number of rotatable bonds is 3. The Bertz CT molecular complexity index is 394. The van der Waals surface area contributed by atoms with Gasteiger partial charge in [0.1, 0.15) is 0 Å². The topological polar surface area (TPSA) is 55.6 Å². The molecular formula is C14H20N2O2. The Balaban J connectivity index is 1.91. The first-order valence-corrected chi connectivity index (χ1v) is 6.36. The first-order valence-electron chi connectivity index (χ1n) is 6.36. The van der Waals surface area contributed by atoms with Crippen LogP contribution in [-0.2, 0) is 9.53 Å². The average Bonchev–Trinajstić information content (AvgIpc) is 2.39. The molecule has 0 radical (unpaired) electrons. The lowest BCUT2D eigenvalue weighted by molar-refractivity contribution is -0.138. The summed E-state index contributed by atoms with van der Waals surface area (Å²) in [6.45, 7) is 3.94. The molecule has 0 bridgehead atoms. The molecule has 2 rings (SSSR count). The van der Waals surface area contributed by atoms with Crippen molar-refractivity contribution >= 4 is 5.91 Å². The SMILES string of the molecule is CC1CN(C(=O)CC(N)c2ccccc2)CCO1. The van der Waals surface area contributed by atoms with Crippen LogP contribution in [0.4, 0.5) is 0 Å². The minimum atomic E-state index is -0.225. The number of amides is 1. The summed E-state index contributed by atoms with van der Waals surface area (Å²) in [5, 5.41) is 0. The molecule has 1 saturated heterocycles. The van der Waals surface area contributed by atoms with E-state index in [1.807, 2.05) is 42.2 Å². The van der Waals surface area contributed by atoms with E-state index in [0.717, 1.165) is 5.56 Å². The second-order valence-electron chi connectivity index (χ2n) is 4.74. The summed E-state index contributed by atoms with van der Waals surface area (Å²) >= 11 is 0. The first-order chi connectivity index (χ1) is 8.66. The van der Waals surface area contributed by atoms with Crippen molar-refractivity contribution in [2.75, 3.05) is 19.7 Å². The van der Waals surface area contributed by atoms with Crippen LogP contribution in [0.5, 0.6) is 0 Å². The van der Waals surface area contributed by atoms with E-state index < -0.39 is 0 Å². The molecule has 4 nitrogen and oxygen atoms in total. The quantitative estimate of drug-likeness (QED) is 0.878. The number of ether oxygens (including phenoxy) is 1. The Morgan fingerprint density at radius 1 is 1.50 bits per heavy atom. The number of hydrogen-bond donors (Lipinski definition) is 1. The Morgan fingerprint density at radius 2 is 2.22 bits per heavy atom. The van der Waals surface area contributed by atoms with E-state index in [1.165, 1.54) is 0 Å². The monoisotopic (exact) mass is 248 g/mol. The third kappa shape index (κ3) is 3.31. The van der Waals surface area contributed by atoms with Gasteiger partial charge < -0.3 is 15.4 Å². The summed E-state index contributed by atoms with van der Waals surface area (Å²) < 4.78 is 5.42. The van der Waals surface area contributed by atoms with Crippen LogP contribution in [0, 0.1) is 0 Å². The Morgan fingerprint density at radius 3 is 2.89 bits per heavy atom. The van der Waals surface area contributed by atoms with Crippen molar-refractivity contribution in [2.45, 2.75) is 25.5 Å². The summed E-state index contributed by atoms with van der Waals surface area (Å²) in [5.41, 5.74) is 7.07. The highest BCUT2D eigenvalue weighted by molar-refractivity contribution is 5.77. The van der Waals surface area contributed by atoms with Crippen LogP contribution in [0.1, 0.15) is 24.9 Å². The van der Waals surface area contributed by atoms with Crippen LogP contribution in [-0.4, -0.2) is 36.6 Å². The van der Waals surface area contributed by atoms with E-state index in [9.17, 15) is 4.79 Å². The zero-order valence-electron chi connectivity index (χ0n) is 10.7. The summed E-state index contributed by atoms with van der Waals surface area (Å²) in [6, 6.07) is 9.52. The van der Waals surface area contributed by atoms with Crippen LogP contribution in [0.15, 0.2) is 30.3 Å². The number of benzene rings is 1. The Kier molecular flexibility index (Phi) is 4.33. The van der Waals surface area contributed by atoms with Gasteiger partial charge in [0.05, 0.1) is 12.7 Å². The average molecular weight is 248 g/mol. The minimum Gasteiger partial charge on any atom is -0.375 e. The molecule has 1 aliphatic rings. The van der Waals surface area contributed by atoms with Gasteiger partial charge in [0.15, 0.2) is 0 Å². The molecule has 4 heteroatoms. The summed E-state index contributed by atoms with van der Waals surface area (Å²) in [4.78, 5) is 14.0. The molecule has 2 unspecified atom stereocenters. The zero-order valence-corrected chi connectivity index (χ0v) is 10.7. The molecule has 18 heavy (non-hydrogen) atoms. The molecule has 1 aromatic rings. The van der Waals surface area contributed by atoms with Crippen LogP contribution in [0.25, 0.3) is 0 Å². The Hall–Kier alpha value is -1.39. The van der Waals surface area contributed by atoms with E-state index in [1.54, 1.807) is 0 Å². The fraction of sp³-hybridized carbons (Fsp3) is 0.500. The fourth-order valence-corrected chi connectivity index (χ4v) is 2.18. The number of carbonyl (C=O) groups excluding carboxylic acids is 1. The van der Waals surface area contributed by atoms with Crippen LogP contribution >= 0.6 is 0 Å². The van der Waals surface area contributed by atoms with E-state index >= 15 is 0 Å². The van der Waals surface area contributed by atoms with Crippen molar-refractivity contribution in [3.05, 3.63) is 35.9 Å². The van der Waals surface area contributed by atoms with Gasteiger partial charge in [0.25, 0.3) is 0 Å². The molecule has 1 fully saturated rings. The second-order valence-corrected chi connectivity index (χ2v) is 4.74. The molecule has 1 aromatic carbocycles. The smallest absolute Gasteiger partial charge is 0.224 e. The zero-order chi connectivity index (χ0) is 13.0. The molecule has 2 N–H and O–H groups in total. The predicted molar refractivity (Wildman–Crippen MR) is 70.0 cm³/mol. The molecule has 0 aromatic heterocycles. The number of hydrogen-bond acceptors (Lipinski definition) is 3. The highest BCUT2D eigenvalue weighted by atomic mass is 16.5. The molecule has 2 atom stereocenters. The van der Waals surface area contributed by atoms with Gasteiger partial charge in [-0.25, -0.2) is 0 Å². The van der Waals surface area contributed by atoms with E-state index in [4.69, 9.17) is 10.5 Å². The first kappa shape index (κ1) is 13.1. The lowest BCUT2D eigenvalue weighted by Crippen LogP contribution is -2.45. The largest absolute Gasteiger partial charge is 0.375 e. The number of nitrogens with zero attached hydrogens (tertiary/aromatic N) is 1. The van der Waals surface area contributed by atoms with Crippen molar-refractivity contribution in [3.8, 4) is 0 Å². The minimum absolute atomic E-state index is 0.113. The van der Waals surface area contributed by atoms with E-state index in [-0.39, 0.29) is 18.1 Å². The predicted octanol–water partition coefficient (Wildman–Crippen LogP) is 1.32. The third-order valence-electron chi connectivity index (χ3n) is 3.22. The van der Waals surface area contributed by atoms with Gasteiger partial charge in [-0.3, -0.25) is 4.79 Å². The lowest BCUT2D eigenvalue weighted by Gasteiger charge is -2.31. The normalized spacial score (nSPS) is 21.7. The maximum Gasteiger partial charge on any atom is 0.224 e. The van der Waals surface area contributed by atoms with E-state index in [0.29, 0.717) is 26.1 Å². The second kappa shape index (κ2) is 5.98. The van der Waals surface area contributed by atoms with Gasteiger partial charge in [-0.05, 0) is 12.5 Å². The summed E-state index contributed by atoms with van der Waals surface area (Å²) in [6.07, 6.45) is 0.479. The van der Waals surface area contributed by atoms with Crippen molar-refractivity contribution in [3.63, 3.8) is 0 Å². The van der Waals surface area contributed by atoms with Crippen molar-refractivity contribution < 1.29 is 9.53 Å². The molecule has 0 aliphatic carbocycles. The highest BCUT2D eigenvalue weighted by Gasteiger charge is 2.23.